The zero-order chi connectivity index (χ0) is 12.3. The number of likely N-dealkylation sites (N-methyl/N-ethyl adjacent to an activating group) is 1. The van der Waals surface area contributed by atoms with Gasteiger partial charge in [0.15, 0.2) is 0 Å². The van der Waals surface area contributed by atoms with Crippen molar-refractivity contribution in [2.45, 2.75) is 6.04 Å². The third kappa shape index (κ3) is 2.78. The highest BCUT2D eigenvalue weighted by atomic mass is 19.1. The minimum atomic E-state index is -0.569. The molecule has 1 fully saturated rings. The fourth-order valence-corrected chi connectivity index (χ4v) is 1.78. The molecule has 0 spiro atoms. The number of rotatable bonds is 3. The molecule has 1 aromatic heterocycles. The largest absolute Gasteiger partial charge is 0.379 e. The van der Waals surface area contributed by atoms with E-state index in [-0.39, 0.29) is 17.9 Å². The summed E-state index contributed by atoms with van der Waals surface area (Å²) in [6.45, 7) is 0.919. The molecule has 0 aliphatic carbocycles. The SMILES string of the molecule is CNC1COCC1C(=O)Nc1ccc(F)nc1. The summed E-state index contributed by atoms with van der Waals surface area (Å²) in [4.78, 5) is 15.4. The Balaban J connectivity index is 1.99. The number of anilines is 1. The van der Waals surface area contributed by atoms with E-state index in [1.807, 2.05) is 0 Å². The van der Waals surface area contributed by atoms with Gasteiger partial charge in [-0.25, -0.2) is 4.98 Å². The lowest BCUT2D eigenvalue weighted by Crippen LogP contribution is -2.39. The molecule has 2 rings (SSSR count). The maximum Gasteiger partial charge on any atom is 0.231 e. The summed E-state index contributed by atoms with van der Waals surface area (Å²) >= 11 is 0. The topological polar surface area (TPSA) is 63.2 Å². The second-order valence-electron chi connectivity index (χ2n) is 3.90. The van der Waals surface area contributed by atoms with E-state index in [1.54, 1.807) is 7.05 Å². The Morgan fingerprint density at radius 3 is 3.00 bits per heavy atom. The highest BCUT2D eigenvalue weighted by Gasteiger charge is 2.32. The molecule has 17 heavy (non-hydrogen) atoms. The van der Waals surface area contributed by atoms with Crippen molar-refractivity contribution in [3.05, 3.63) is 24.3 Å². The number of nitrogens with zero attached hydrogens (tertiary/aromatic N) is 1. The standard InChI is InChI=1S/C11H14FN3O2/c1-13-9-6-17-5-8(9)11(16)15-7-2-3-10(12)14-4-7/h2-4,8-9,13H,5-6H2,1H3,(H,15,16). The molecule has 5 nitrogen and oxygen atoms in total. The van der Waals surface area contributed by atoms with Crippen molar-refractivity contribution in [2.24, 2.45) is 5.92 Å². The van der Waals surface area contributed by atoms with Gasteiger partial charge >= 0.3 is 0 Å². The molecule has 1 aliphatic heterocycles. The number of hydrogen-bond donors (Lipinski definition) is 2. The van der Waals surface area contributed by atoms with Crippen LogP contribution in [0.15, 0.2) is 18.3 Å². The Kier molecular flexibility index (Phi) is 3.65. The first kappa shape index (κ1) is 11.9. The highest BCUT2D eigenvalue weighted by Crippen LogP contribution is 2.16. The van der Waals surface area contributed by atoms with E-state index in [2.05, 4.69) is 15.6 Å². The summed E-state index contributed by atoms with van der Waals surface area (Å²) in [5, 5.41) is 5.72. The van der Waals surface area contributed by atoms with E-state index in [0.717, 1.165) is 0 Å². The van der Waals surface area contributed by atoms with Gasteiger partial charge < -0.3 is 15.4 Å². The zero-order valence-electron chi connectivity index (χ0n) is 9.44. The van der Waals surface area contributed by atoms with Gasteiger partial charge in [-0.3, -0.25) is 4.79 Å². The Labute approximate surface area is 98.4 Å². The van der Waals surface area contributed by atoms with Crippen molar-refractivity contribution in [3.63, 3.8) is 0 Å². The summed E-state index contributed by atoms with van der Waals surface area (Å²) in [5.41, 5.74) is 0.484. The van der Waals surface area contributed by atoms with Gasteiger partial charge in [-0.2, -0.15) is 4.39 Å². The minimum Gasteiger partial charge on any atom is -0.379 e. The van der Waals surface area contributed by atoms with E-state index in [0.29, 0.717) is 18.9 Å². The van der Waals surface area contributed by atoms with Crippen LogP contribution in [0.3, 0.4) is 0 Å². The van der Waals surface area contributed by atoms with Crippen molar-refractivity contribution in [3.8, 4) is 0 Å². The van der Waals surface area contributed by atoms with Crippen LogP contribution in [0.2, 0.25) is 0 Å². The van der Waals surface area contributed by atoms with Crippen molar-refractivity contribution >= 4 is 11.6 Å². The van der Waals surface area contributed by atoms with Crippen LogP contribution in [0.5, 0.6) is 0 Å². The number of nitrogens with one attached hydrogen (secondary N) is 2. The summed E-state index contributed by atoms with van der Waals surface area (Å²) in [7, 11) is 1.79. The maximum absolute atomic E-state index is 12.6. The average molecular weight is 239 g/mol. The molecule has 92 valence electrons. The van der Waals surface area contributed by atoms with Crippen LogP contribution in [-0.2, 0) is 9.53 Å². The summed E-state index contributed by atoms with van der Waals surface area (Å²) in [5.74, 6) is -0.944. The molecule has 0 saturated carbocycles. The Morgan fingerprint density at radius 2 is 2.35 bits per heavy atom. The van der Waals surface area contributed by atoms with E-state index in [9.17, 15) is 9.18 Å². The number of hydrogen-bond acceptors (Lipinski definition) is 4. The van der Waals surface area contributed by atoms with Gasteiger partial charge in [-0.1, -0.05) is 0 Å². The van der Waals surface area contributed by atoms with Gasteiger partial charge in [0.2, 0.25) is 11.9 Å². The Hall–Kier alpha value is -1.53. The molecule has 6 heteroatoms. The second-order valence-corrected chi connectivity index (χ2v) is 3.90. The summed E-state index contributed by atoms with van der Waals surface area (Å²) in [6.07, 6.45) is 1.29. The number of halogens is 1. The van der Waals surface area contributed by atoms with Gasteiger partial charge in [-0.05, 0) is 19.2 Å². The van der Waals surface area contributed by atoms with Crippen molar-refractivity contribution < 1.29 is 13.9 Å². The van der Waals surface area contributed by atoms with Crippen LogP contribution < -0.4 is 10.6 Å². The molecule has 2 N–H and O–H groups in total. The van der Waals surface area contributed by atoms with Gasteiger partial charge in [0.1, 0.15) is 0 Å². The lowest BCUT2D eigenvalue weighted by molar-refractivity contribution is -0.120. The molecule has 1 saturated heterocycles. The van der Waals surface area contributed by atoms with Gasteiger partial charge in [-0.15, -0.1) is 0 Å². The van der Waals surface area contributed by atoms with Gasteiger partial charge in [0, 0.05) is 6.04 Å². The molecule has 2 atom stereocenters. The number of pyridine rings is 1. The van der Waals surface area contributed by atoms with Gasteiger partial charge in [0.25, 0.3) is 0 Å². The predicted molar refractivity (Wildman–Crippen MR) is 60.0 cm³/mol. The number of carbonyl (C=O) groups is 1. The smallest absolute Gasteiger partial charge is 0.231 e. The lowest BCUT2D eigenvalue weighted by Gasteiger charge is -2.16. The average Bonchev–Trinajstić information content (AvgIpc) is 2.80. The van der Waals surface area contributed by atoms with Crippen LogP contribution >= 0.6 is 0 Å². The monoisotopic (exact) mass is 239 g/mol. The Morgan fingerprint density at radius 1 is 1.53 bits per heavy atom. The number of carbonyl (C=O) groups excluding carboxylic acids is 1. The highest BCUT2D eigenvalue weighted by molar-refractivity contribution is 5.93. The van der Waals surface area contributed by atoms with Crippen molar-refractivity contribution in [2.75, 3.05) is 25.6 Å². The molecular weight excluding hydrogens is 225 g/mol. The molecule has 2 unspecified atom stereocenters. The van der Waals surface area contributed by atoms with E-state index >= 15 is 0 Å². The van der Waals surface area contributed by atoms with E-state index in [1.165, 1.54) is 18.3 Å². The fourth-order valence-electron chi connectivity index (χ4n) is 1.78. The third-order valence-corrected chi connectivity index (χ3v) is 2.78. The van der Waals surface area contributed by atoms with E-state index in [4.69, 9.17) is 4.74 Å². The number of aromatic nitrogens is 1. The predicted octanol–water partition coefficient (Wildman–Crippen LogP) is 0.394. The van der Waals surface area contributed by atoms with Crippen molar-refractivity contribution in [1.29, 1.82) is 0 Å². The first-order valence-corrected chi connectivity index (χ1v) is 5.38. The number of ether oxygens (including phenoxy) is 1. The molecule has 2 heterocycles. The first-order valence-electron chi connectivity index (χ1n) is 5.38. The van der Waals surface area contributed by atoms with Crippen LogP contribution in [0.1, 0.15) is 0 Å². The lowest BCUT2D eigenvalue weighted by atomic mass is 10.0. The fraction of sp³-hybridized carbons (Fsp3) is 0.455. The summed E-state index contributed by atoms with van der Waals surface area (Å²) in [6, 6.07) is 2.70. The van der Waals surface area contributed by atoms with Crippen LogP contribution in [0, 0.1) is 11.9 Å². The van der Waals surface area contributed by atoms with Crippen molar-refractivity contribution in [1.82, 2.24) is 10.3 Å². The molecule has 0 bridgehead atoms. The third-order valence-electron chi connectivity index (χ3n) is 2.78. The molecular formula is C11H14FN3O2. The van der Waals surface area contributed by atoms with Gasteiger partial charge in [0.05, 0.1) is 31.0 Å². The molecule has 1 amide bonds. The molecule has 1 aromatic rings. The summed E-state index contributed by atoms with van der Waals surface area (Å²) < 4.78 is 17.8. The quantitative estimate of drug-likeness (QED) is 0.749. The number of amides is 1. The first-order chi connectivity index (χ1) is 8.20. The minimum absolute atomic E-state index is 0.0170. The van der Waals surface area contributed by atoms with Crippen LogP contribution in [0.4, 0.5) is 10.1 Å². The van der Waals surface area contributed by atoms with Crippen LogP contribution in [-0.4, -0.2) is 37.2 Å². The second kappa shape index (κ2) is 5.20. The van der Waals surface area contributed by atoms with E-state index < -0.39 is 5.95 Å². The molecule has 1 aliphatic rings. The zero-order valence-corrected chi connectivity index (χ0v) is 9.44. The van der Waals surface area contributed by atoms with Crippen LogP contribution in [0.25, 0.3) is 0 Å². The molecule has 0 aromatic carbocycles. The Bertz CT molecular complexity index is 396. The normalized spacial score (nSPS) is 23.6. The maximum atomic E-state index is 12.6. The molecule has 0 radical (unpaired) electrons.